The second-order valence-corrected chi connectivity index (χ2v) is 10.8. The van der Waals surface area contributed by atoms with Crippen LogP contribution in [0.2, 0.25) is 0 Å². The van der Waals surface area contributed by atoms with E-state index in [9.17, 15) is 29.0 Å². The van der Waals surface area contributed by atoms with Crippen molar-refractivity contribution in [3.05, 3.63) is 94.8 Å². The molecule has 1 amide bonds. The number of hydrogen-bond donors (Lipinski definition) is 2. The normalized spacial score (nSPS) is 21.4. The number of benzene rings is 3. The summed E-state index contributed by atoms with van der Waals surface area (Å²) in [6.45, 7) is 3.59. The van der Waals surface area contributed by atoms with Crippen LogP contribution in [0.25, 0.3) is 0 Å². The lowest BCUT2D eigenvalue weighted by atomic mass is 9.67. The Morgan fingerprint density at radius 1 is 0.825 bits per heavy atom. The first-order valence-corrected chi connectivity index (χ1v) is 13.6. The maximum absolute atomic E-state index is 14.9. The predicted molar refractivity (Wildman–Crippen MR) is 148 cm³/mol. The highest BCUT2D eigenvalue weighted by Gasteiger charge is 2.46. The summed E-state index contributed by atoms with van der Waals surface area (Å²) in [4.78, 5) is 45.4. The first-order chi connectivity index (χ1) is 19.2. The molecule has 2 saturated heterocycles. The van der Waals surface area contributed by atoms with E-state index in [1.165, 1.54) is 30.3 Å². The molecular weight excluding hydrogens is 511 g/mol. The number of hydrogen-bond acceptors (Lipinski definition) is 6. The Hall–Kier alpha value is -4.04. The van der Waals surface area contributed by atoms with Crippen LogP contribution >= 0.6 is 0 Å². The van der Waals surface area contributed by atoms with Crippen LogP contribution in [0.4, 0.5) is 4.39 Å². The van der Waals surface area contributed by atoms with Gasteiger partial charge in [0.15, 0.2) is 11.6 Å². The molecule has 2 heterocycles. The van der Waals surface area contributed by atoms with Gasteiger partial charge in [-0.25, -0.2) is 4.39 Å². The minimum absolute atomic E-state index is 0.0611. The second-order valence-electron chi connectivity index (χ2n) is 10.8. The Balaban J connectivity index is 1.62. The van der Waals surface area contributed by atoms with Gasteiger partial charge in [-0.2, -0.15) is 0 Å². The van der Waals surface area contributed by atoms with Gasteiger partial charge in [-0.05, 0) is 74.3 Å². The Kier molecular flexibility index (Phi) is 7.98. The van der Waals surface area contributed by atoms with Crippen molar-refractivity contribution in [2.45, 2.75) is 25.7 Å². The maximum Gasteiger partial charge on any atom is 0.236 e. The highest BCUT2D eigenvalue weighted by Crippen LogP contribution is 2.43. The maximum atomic E-state index is 14.9. The lowest BCUT2D eigenvalue weighted by Gasteiger charge is -2.44. The van der Waals surface area contributed by atoms with Gasteiger partial charge in [-0.1, -0.05) is 36.4 Å². The summed E-state index contributed by atoms with van der Waals surface area (Å²) in [5, 5.41) is 20.2. The van der Waals surface area contributed by atoms with Crippen LogP contribution in [0.5, 0.6) is 11.5 Å². The Bertz CT molecular complexity index is 1370. The van der Waals surface area contributed by atoms with Gasteiger partial charge >= 0.3 is 0 Å². The van der Waals surface area contributed by atoms with Gasteiger partial charge in [0, 0.05) is 42.0 Å². The van der Waals surface area contributed by atoms with E-state index in [0.29, 0.717) is 11.1 Å². The van der Waals surface area contributed by atoms with Crippen LogP contribution in [-0.2, 0) is 4.79 Å². The van der Waals surface area contributed by atoms with Crippen LogP contribution in [-0.4, -0.2) is 70.2 Å². The summed E-state index contributed by atoms with van der Waals surface area (Å²) in [5.74, 6) is -3.92. The van der Waals surface area contributed by atoms with E-state index in [2.05, 4.69) is 4.90 Å². The molecule has 2 atom stereocenters. The molecule has 0 bridgehead atoms. The quantitative estimate of drug-likeness (QED) is 0.423. The number of carbonyl (C=O) groups is 3. The van der Waals surface area contributed by atoms with Crippen LogP contribution in [0, 0.1) is 24.6 Å². The fourth-order valence-electron chi connectivity index (χ4n) is 6.15. The van der Waals surface area contributed by atoms with Crippen molar-refractivity contribution in [2.24, 2.45) is 11.8 Å². The number of carbonyl (C=O) groups excluding carboxylic acids is 3. The van der Waals surface area contributed by atoms with Gasteiger partial charge in [-0.15, -0.1) is 0 Å². The average Bonchev–Trinajstić information content (AvgIpc) is 3.46. The SMILES string of the molecule is Cc1c(F)cccc1C1C(C(=O)c2cccc(O)c2)CN(C(=O)CN2CCCC2)CC1C(=O)c1cccc(O)c1. The van der Waals surface area contributed by atoms with Crippen molar-refractivity contribution in [3.63, 3.8) is 0 Å². The number of piperidine rings is 1. The van der Waals surface area contributed by atoms with E-state index in [1.54, 1.807) is 48.2 Å². The van der Waals surface area contributed by atoms with Crippen molar-refractivity contribution in [2.75, 3.05) is 32.7 Å². The minimum atomic E-state index is -0.871. The zero-order chi connectivity index (χ0) is 28.4. The third-order valence-corrected chi connectivity index (χ3v) is 8.21. The molecule has 0 aliphatic carbocycles. The highest BCUT2D eigenvalue weighted by atomic mass is 19.1. The van der Waals surface area contributed by atoms with Gasteiger partial charge in [0.2, 0.25) is 5.91 Å². The molecule has 2 fully saturated rings. The number of aromatic hydroxyl groups is 2. The van der Waals surface area contributed by atoms with Crippen molar-refractivity contribution >= 4 is 17.5 Å². The molecule has 0 saturated carbocycles. The number of Topliss-reactive ketones (excluding diaryl/α,β-unsaturated/α-hetero) is 2. The minimum Gasteiger partial charge on any atom is -0.508 e. The van der Waals surface area contributed by atoms with E-state index >= 15 is 0 Å². The number of phenols is 2. The molecule has 5 rings (SSSR count). The van der Waals surface area contributed by atoms with Gasteiger partial charge in [-0.3, -0.25) is 19.3 Å². The first-order valence-electron chi connectivity index (χ1n) is 13.6. The average molecular weight is 545 g/mol. The zero-order valence-electron chi connectivity index (χ0n) is 22.4. The van der Waals surface area contributed by atoms with E-state index in [4.69, 9.17) is 0 Å². The van der Waals surface area contributed by atoms with E-state index in [0.717, 1.165) is 25.9 Å². The highest BCUT2D eigenvalue weighted by molar-refractivity contribution is 6.03. The molecule has 8 heteroatoms. The summed E-state index contributed by atoms with van der Waals surface area (Å²) in [7, 11) is 0. The first kappa shape index (κ1) is 27.5. The smallest absolute Gasteiger partial charge is 0.236 e. The number of rotatable bonds is 7. The Labute approximate surface area is 232 Å². The van der Waals surface area contributed by atoms with Crippen molar-refractivity contribution in [3.8, 4) is 11.5 Å². The number of amides is 1. The standard InChI is InChI=1S/C32H33FN2O5/c1-20-25(11-6-12-28(20)33)30-26(31(39)21-7-4-9-23(36)15-21)17-35(29(38)19-34-13-2-3-14-34)18-27(30)32(40)22-8-5-10-24(37)16-22/h4-12,15-16,26-27,30,36-37H,2-3,13-14,17-19H2,1H3. The number of likely N-dealkylation sites (tertiary alicyclic amines) is 2. The third-order valence-electron chi connectivity index (χ3n) is 8.21. The Morgan fingerprint density at radius 2 is 1.35 bits per heavy atom. The zero-order valence-corrected chi connectivity index (χ0v) is 22.4. The number of ketones is 2. The van der Waals surface area contributed by atoms with Crippen LogP contribution in [0.15, 0.2) is 66.7 Å². The molecule has 2 aliphatic rings. The molecule has 40 heavy (non-hydrogen) atoms. The molecular formula is C32H33FN2O5. The summed E-state index contributed by atoms with van der Waals surface area (Å²) in [6, 6.07) is 16.6. The van der Waals surface area contributed by atoms with E-state index in [-0.39, 0.29) is 59.7 Å². The molecule has 3 aromatic carbocycles. The molecule has 2 N–H and O–H groups in total. The van der Waals surface area contributed by atoms with Crippen molar-refractivity contribution in [1.82, 2.24) is 9.80 Å². The van der Waals surface area contributed by atoms with Gasteiger partial charge in [0.25, 0.3) is 0 Å². The molecule has 2 unspecified atom stereocenters. The number of nitrogens with zero attached hydrogens (tertiary/aromatic N) is 2. The Morgan fingerprint density at radius 3 is 1.88 bits per heavy atom. The van der Waals surface area contributed by atoms with E-state index < -0.39 is 23.6 Å². The second kappa shape index (κ2) is 11.6. The lowest BCUT2D eigenvalue weighted by molar-refractivity contribution is -0.134. The molecule has 0 spiro atoms. The summed E-state index contributed by atoms with van der Waals surface area (Å²) in [6.07, 6.45) is 2.04. The van der Waals surface area contributed by atoms with Crippen LogP contribution in [0.1, 0.15) is 50.6 Å². The number of phenolic OH excluding ortho intramolecular Hbond substituents is 2. The predicted octanol–water partition coefficient (Wildman–Crippen LogP) is 4.57. The lowest BCUT2D eigenvalue weighted by Crippen LogP contribution is -2.54. The molecule has 2 aliphatic heterocycles. The summed E-state index contributed by atoms with van der Waals surface area (Å²) in [5.41, 5.74) is 1.37. The fourth-order valence-corrected chi connectivity index (χ4v) is 6.15. The topological polar surface area (TPSA) is 98.2 Å². The largest absolute Gasteiger partial charge is 0.508 e. The monoisotopic (exact) mass is 544 g/mol. The molecule has 0 aromatic heterocycles. The van der Waals surface area contributed by atoms with Crippen LogP contribution in [0.3, 0.4) is 0 Å². The third kappa shape index (κ3) is 5.63. The number of halogens is 1. The molecule has 3 aromatic rings. The van der Waals surface area contributed by atoms with Gasteiger partial charge < -0.3 is 15.1 Å². The summed E-state index contributed by atoms with van der Waals surface area (Å²) >= 11 is 0. The molecule has 208 valence electrons. The van der Waals surface area contributed by atoms with Gasteiger partial charge in [0.1, 0.15) is 17.3 Å². The molecule has 7 nitrogen and oxygen atoms in total. The van der Waals surface area contributed by atoms with Crippen molar-refractivity contribution in [1.29, 1.82) is 0 Å². The fraction of sp³-hybridized carbons (Fsp3) is 0.344. The van der Waals surface area contributed by atoms with Crippen LogP contribution < -0.4 is 0 Å². The van der Waals surface area contributed by atoms with E-state index in [1.807, 2.05) is 0 Å². The molecule has 0 radical (unpaired) electrons. The van der Waals surface area contributed by atoms with Crippen molar-refractivity contribution < 1.29 is 29.0 Å². The van der Waals surface area contributed by atoms with Gasteiger partial charge in [0.05, 0.1) is 6.54 Å². The summed E-state index contributed by atoms with van der Waals surface area (Å²) < 4.78 is 14.9.